The minimum absolute atomic E-state index is 0. The van der Waals surface area contributed by atoms with Crippen LogP contribution in [0.1, 0.15) is 5.56 Å². The molecule has 0 spiro atoms. The molecule has 6 nitrogen and oxygen atoms in total. The van der Waals surface area contributed by atoms with E-state index in [2.05, 4.69) is 0 Å². The Morgan fingerprint density at radius 1 is 1.06 bits per heavy atom. The molecular weight excluding hydrogens is 279 g/mol. The summed E-state index contributed by atoms with van der Waals surface area (Å²) in [7, 11) is -8.73. The van der Waals surface area contributed by atoms with Crippen LogP contribution in [0.3, 0.4) is 0 Å². The first-order valence-corrected chi connectivity index (χ1v) is 6.81. The van der Waals surface area contributed by atoms with Crippen molar-refractivity contribution in [2.45, 2.75) is 4.90 Å². The molecule has 0 saturated heterocycles. The third-order valence-electron chi connectivity index (χ3n) is 1.61. The Kier molecular flexibility index (Phi) is 6.02. The van der Waals surface area contributed by atoms with Crippen LogP contribution in [0.4, 0.5) is 0 Å². The van der Waals surface area contributed by atoms with E-state index < -0.39 is 20.2 Å². The molecule has 88 valence electrons. The van der Waals surface area contributed by atoms with Crippen LogP contribution in [0.15, 0.2) is 34.6 Å². The number of rotatable bonds is 3. The zero-order chi connectivity index (χ0) is 12.4. The fourth-order valence-electron chi connectivity index (χ4n) is 0.913. The standard InChI is InChI=1S/C8H8O6S2.Na/c9-15(10,11)6-5-7-1-3-8(4-2-7)16(12,13)14;/h1-6H,(H,9,10,11)(H,12,13,14);/q;+1/p-1. The Morgan fingerprint density at radius 3 is 1.88 bits per heavy atom. The summed E-state index contributed by atoms with van der Waals surface area (Å²) in [5.41, 5.74) is 0.326. The van der Waals surface area contributed by atoms with Crippen LogP contribution in [-0.2, 0) is 20.2 Å². The van der Waals surface area contributed by atoms with Crippen LogP contribution in [0.2, 0.25) is 0 Å². The molecule has 0 amide bonds. The van der Waals surface area contributed by atoms with Gasteiger partial charge in [0.25, 0.3) is 10.1 Å². The molecule has 17 heavy (non-hydrogen) atoms. The summed E-state index contributed by atoms with van der Waals surface area (Å²) in [6, 6.07) is 4.69. The Morgan fingerprint density at radius 2 is 1.53 bits per heavy atom. The molecule has 1 N–H and O–H groups in total. The Hall–Kier alpha value is -0.220. The maximum absolute atomic E-state index is 10.7. The van der Waals surface area contributed by atoms with Gasteiger partial charge in [-0.05, 0) is 23.8 Å². The number of benzene rings is 1. The van der Waals surface area contributed by atoms with Gasteiger partial charge in [0.05, 0.1) is 4.90 Å². The SMILES string of the molecule is O=S(=O)([O-])C=Cc1ccc(S(=O)(=O)O)cc1.[Na+]. The number of hydrogen-bond donors (Lipinski definition) is 1. The van der Waals surface area contributed by atoms with Crippen molar-refractivity contribution in [3.63, 3.8) is 0 Å². The minimum atomic E-state index is -4.46. The molecule has 1 rings (SSSR count). The minimum Gasteiger partial charge on any atom is -0.744 e. The van der Waals surface area contributed by atoms with Crippen LogP contribution >= 0.6 is 0 Å². The van der Waals surface area contributed by atoms with Crippen molar-refractivity contribution in [1.29, 1.82) is 0 Å². The second kappa shape index (κ2) is 6.10. The van der Waals surface area contributed by atoms with E-state index in [9.17, 15) is 21.4 Å². The Balaban J connectivity index is 0.00000256. The summed E-state index contributed by atoms with van der Waals surface area (Å²) in [4.78, 5) is -0.311. The van der Waals surface area contributed by atoms with E-state index in [1.807, 2.05) is 0 Å². The third kappa shape index (κ3) is 6.32. The summed E-state index contributed by atoms with van der Waals surface area (Å²) in [5, 5.41) is 0.454. The van der Waals surface area contributed by atoms with Gasteiger partial charge in [-0.3, -0.25) is 4.55 Å². The fourth-order valence-corrected chi connectivity index (χ4v) is 1.72. The molecule has 9 heteroatoms. The van der Waals surface area contributed by atoms with Gasteiger partial charge in [0.2, 0.25) is 0 Å². The van der Waals surface area contributed by atoms with E-state index in [1.54, 1.807) is 0 Å². The molecule has 0 aliphatic rings. The van der Waals surface area contributed by atoms with Crippen molar-refractivity contribution < 1.29 is 55.5 Å². The molecule has 0 aromatic heterocycles. The molecule has 0 radical (unpaired) electrons. The van der Waals surface area contributed by atoms with Crippen molar-refractivity contribution in [1.82, 2.24) is 0 Å². The second-order valence-electron chi connectivity index (χ2n) is 2.84. The third-order valence-corrected chi connectivity index (χ3v) is 2.94. The average molecular weight is 286 g/mol. The molecular formula is C8H7NaO6S2. The van der Waals surface area contributed by atoms with E-state index in [0.717, 1.165) is 18.2 Å². The molecule has 0 fully saturated rings. The molecule has 0 aliphatic heterocycles. The fraction of sp³-hybridized carbons (Fsp3) is 0. The van der Waals surface area contributed by atoms with Crippen molar-refractivity contribution >= 4 is 26.3 Å². The summed E-state index contributed by atoms with van der Waals surface area (Å²) in [6.45, 7) is 0. The molecule has 0 saturated carbocycles. The molecule has 1 aromatic rings. The predicted molar refractivity (Wildman–Crippen MR) is 55.0 cm³/mol. The van der Waals surface area contributed by atoms with Gasteiger partial charge < -0.3 is 4.55 Å². The van der Waals surface area contributed by atoms with E-state index in [4.69, 9.17) is 4.55 Å². The Labute approximate surface area is 121 Å². The van der Waals surface area contributed by atoms with Gasteiger partial charge in [0.1, 0.15) is 10.1 Å². The van der Waals surface area contributed by atoms with Crippen LogP contribution in [0.5, 0.6) is 0 Å². The van der Waals surface area contributed by atoms with Crippen molar-refractivity contribution in [3.8, 4) is 0 Å². The molecule has 0 heterocycles. The largest absolute Gasteiger partial charge is 1.00 e. The maximum atomic E-state index is 10.7. The maximum Gasteiger partial charge on any atom is 1.00 e. The molecule has 1 aromatic carbocycles. The summed E-state index contributed by atoms with van der Waals surface area (Å²) in [6.07, 6.45) is 1.02. The van der Waals surface area contributed by atoms with Gasteiger partial charge >= 0.3 is 29.6 Å². The topological polar surface area (TPSA) is 112 Å². The van der Waals surface area contributed by atoms with Gasteiger partial charge in [0.15, 0.2) is 0 Å². The first-order chi connectivity index (χ1) is 7.18. The van der Waals surface area contributed by atoms with Crippen LogP contribution in [0, 0.1) is 0 Å². The van der Waals surface area contributed by atoms with Gasteiger partial charge in [-0.1, -0.05) is 12.1 Å². The van der Waals surface area contributed by atoms with E-state index in [0.29, 0.717) is 11.0 Å². The summed E-state index contributed by atoms with van der Waals surface area (Å²) < 4.78 is 60.7. The van der Waals surface area contributed by atoms with Crippen LogP contribution in [-0.4, -0.2) is 25.9 Å². The Bertz CT molecular complexity index is 600. The first kappa shape index (κ1) is 16.8. The summed E-state index contributed by atoms with van der Waals surface area (Å²) in [5.74, 6) is 0. The van der Waals surface area contributed by atoms with Crippen LogP contribution in [0.25, 0.3) is 6.08 Å². The average Bonchev–Trinajstić information content (AvgIpc) is 2.13. The monoisotopic (exact) mass is 286 g/mol. The quantitative estimate of drug-likeness (QED) is 0.484. The van der Waals surface area contributed by atoms with E-state index in [1.165, 1.54) is 12.1 Å². The second-order valence-corrected chi connectivity index (χ2v) is 5.52. The number of hydrogen-bond acceptors (Lipinski definition) is 5. The summed E-state index contributed by atoms with van der Waals surface area (Å²) >= 11 is 0. The van der Waals surface area contributed by atoms with Crippen molar-refractivity contribution in [3.05, 3.63) is 35.2 Å². The molecule has 0 aliphatic carbocycles. The van der Waals surface area contributed by atoms with Gasteiger partial charge in [-0.2, -0.15) is 8.42 Å². The first-order valence-electron chi connectivity index (χ1n) is 3.90. The zero-order valence-corrected chi connectivity index (χ0v) is 12.4. The van der Waals surface area contributed by atoms with E-state index in [-0.39, 0.29) is 34.5 Å². The smallest absolute Gasteiger partial charge is 0.744 e. The molecule has 0 atom stereocenters. The zero-order valence-electron chi connectivity index (χ0n) is 8.77. The van der Waals surface area contributed by atoms with Gasteiger partial charge in [0, 0.05) is 5.41 Å². The molecule has 0 unspecified atom stereocenters. The van der Waals surface area contributed by atoms with E-state index >= 15 is 0 Å². The van der Waals surface area contributed by atoms with Crippen molar-refractivity contribution in [2.24, 2.45) is 0 Å². The van der Waals surface area contributed by atoms with Gasteiger partial charge in [-0.15, -0.1) is 0 Å². The molecule has 0 bridgehead atoms. The van der Waals surface area contributed by atoms with Crippen LogP contribution < -0.4 is 29.6 Å². The normalized spacial score (nSPS) is 12.4. The van der Waals surface area contributed by atoms with Crippen molar-refractivity contribution in [2.75, 3.05) is 0 Å². The predicted octanol–water partition coefficient (Wildman–Crippen LogP) is -2.55. The van der Waals surface area contributed by atoms with Gasteiger partial charge in [-0.25, -0.2) is 8.42 Å².